The highest BCUT2D eigenvalue weighted by Gasteiger charge is 2.42. The van der Waals surface area contributed by atoms with Crippen LogP contribution in [-0.4, -0.2) is 41.5 Å². The summed E-state index contributed by atoms with van der Waals surface area (Å²) in [6.45, 7) is 7.52. The highest BCUT2D eigenvalue weighted by atomic mass is 35.5. The molecule has 110 valence electrons. The van der Waals surface area contributed by atoms with E-state index in [4.69, 9.17) is 16.3 Å². The molecule has 2 fully saturated rings. The lowest BCUT2D eigenvalue weighted by atomic mass is 9.74. The fraction of sp³-hybridized carbons (Fsp3) is 0.933. The number of carbonyl (C=O) groups is 1. The van der Waals surface area contributed by atoms with E-state index in [1.807, 2.05) is 18.7 Å². The number of hydrogen-bond donors (Lipinski definition) is 0. The number of alkyl halides is 1. The van der Waals surface area contributed by atoms with Gasteiger partial charge in [0.05, 0.1) is 17.6 Å². The first-order valence-corrected chi connectivity index (χ1v) is 7.93. The highest BCUT2D eigenvalue weighted by molar-refractivity contribution is 6.18. The third kappa shape index (κ3) is 3.43. The average Bonchev–Trinajstić information content (AvgIpc) is 2.36. The van der Waals surface area contributed by atoms with E-state index in [1.165, 1.54) is 19.3 Å². The first-order valence-electron chi connectivity index (χ1n) is 7.39. The standard InChI is InChI=1S/C15H26ClNO2/c1-14(2)11-17(10-12(9-16)19-14)13(18)15(3)7-5-4-6-8-15/h12H,4-11H2,1-3H3. The summed E-state index contributed by atoms with van der Waals surface area (Å²) in [4.78, 5) is 14.8. The second kappa shape index (κ2) is 5.61. The van der Waals surface area contributed by atoms with Crippen LogP contribution >= 0.6 is 11.6 Å². The van der Waals surface area contributed by atoms with Gasteiger partial charge in [0.15, 0.2) is 0 Å². The first kappa shape index (κ1) is 15.1. The zero-order chi connectivity index (χ0) is 14.1. The highest BCUT2D eigenvalue weighted by Crippen LogP contribution is 2.38. The summed E-state index contributed by atoms with van der Waals surface area (Å²) in [6.07, 6.45) is 5.62. The Morgan fingerprint density at radius 1 is 1.26 bits per heavy atom. The number of ether oxygens (including phenoxy) is 1. The molecule has 2 rings (SSSR count). The molecule has 0 aromatic rings. The maximum Gasteiger partial charge on any atom is 0.228 e. The van der Waals surface area contributed by atoms with E-state index in [0.717, 1.165) is 12.8 Å². The van der Waals surface area contributed by atoms with Crippen LogP contribution in [0.3, 0.4) is 0 Å². The molecule has 1 aliphatic carbocycles. The van der Waals surface area contributed by atoms with Gasteiger partial charge in [-0.3, -0.25) is 4.79 Å². The zero-order valence-electron chi connectivity index (χ0n) is 12.4. The SMILES string of the molecule is CC1(C)CN(C(=O)C2(C)CCCCC2)CC(CCl)O1. The number of amides is 1. The normalized spacial score (nSPS) is 30.1. The van der Waals surface area contributed by atoms with Crippen molar-refractivity contribution in [3.63, 3.8) is 0 Å². The van der Waals surface area contributed by atoms with E-state index >= 15 is 0 Å². The van der Waals surface area contributed by atoms with Gasteiger partial charge >= 0.3 is 0 Å². The molecule has 0 radical (unpaired) electrons. The summed E-state index contributed by atoms with van der Waals surface area (Å²) < 4.78 is 5.90. The Bertz CT molecular complexity index is 337. The third-order valence-electron chi connectivity index (χ3n) is 4.41. The fourth-order valence-corrected chi connectivity index (χ4v) is 3.62. The molecule has 19 heavy (non-hydrogen) atoms. The van der Waals surface area contributed by atoms with Crippen molar-refractivity contribution in [1.82, 2.24) is 4.90 Å². The van der Waals surface area contributed by atoms with Crippen LogP contribution in [0.1, 0.15) is 52.9 Å². The minimum atomic E-state index is -0.293. The maximum absolute atomic E-state index is 12.9. The van der Waals surface area contributed by atoms with E-state index in [1.54, 1.807) is 0 Å². The molecule has 1 heterocycles. The van der Waals surface area contributed by atoms with Gasteiger partial charge in [0.2, 0.25) is 5.91 Å². The van der Waals surface area contributed by atoms with Crippen molar-refractivity contribution in [1.29, 1.82) is 0 Å². The number of halogens is 1. The Morgan fingerprint density at radius 2 is 1.89 bits per heavy atom. The lowest BCUT2D eigenvalue weighted by molar-refractivity contribution is -0.167. The minimum Gasteiger partial charge on any atom is -0.367 e. The third-order valence-corrected chi connectivity index (χ3v) is 4.76. The fourth-order valence-electron chi connectivity index (χ4n) is 3.46. The number of carbonyl (C=O) groups excluding carboxylic acids is 1. The van der Waals surface area contributed by atoms with Crippen LogP contribution in [0.15, 0.2) is 0 Å². The van der Waals surface area contributed by atoms with Crippen LogP contribution in [0.25, 0.3) is 0 Å². The van der Waals surface area contributed by atoms with Crippen LogP contribution in [0.2, 0.25) is 0 Å². The van der Waals surface area contributed by atoms with Gasteiger partial charge in [-0.25, -0.2) is 0 Å². The summed E-state index contributed by atoms with van der Waals surface area (Å²) >= 11 is 5.94. The Morgan fingerprint density at radius 3 is 2.47 bits per heavy atom. The Labute approximate surface area is 121 Å². The summed E-state index contributed by atoms with van der Waals surface area (Å²) in [5.41, 5.74) is -0.457. The number of morpholine rings is 1. The summed E-state index contributed by atoms with van der Waals surface area (Å²) in [6, 6.07) is 0. The van der Waals surface area contributed by atoms with Crippen LogP contribution in [0.5, 0.6) is 0 Å². The number of nitrogens with zero attached hydrogens (tertiary/aromatic N) is 1. The van der Waals surface area contributed by atoms with Crippen LogP contribution < -0.4 is 0 Å². The molecular formula is C15H26ClNO2. The monoisotopic (exact) mass is 287 g/mol. The Hall–Kier alpha value is -0.280. The Balaban J connectivity index is 2.09. The predicted octanol–water partition coefficient (Wildman–Crippen LogP) is 3.20. The molecule has 4 heteroatoms. The molecule has 0 N–H and O–H groups in total. The van der Waals surface area contributed by atoms with Crippen LogP contribution in [0.4, 0.5) is 0 Å². The predicted molar refractivity (Wildman–Crippen MR) is 77.4 cm³/mol. The first-order chi connectivity index (χ1) is 8.86. The number of hydrogen-bond acceptors (Lipinski definition) is 2. The molecule has 3 nitrogen and oxygen atoms in total. The van der Waals surface area contributed by atoms with Crippen molar-refractivity contribution in [3.05, 3.63) is 0 Å². The van der Waals surface area contributed by atoms with E-state index in [9.17, 15) is 4.79 Å². The van der Waals surface area contributed by atoms with E-state index in [2.05, 4.69) is 6.92 Å². The molecule has 1 aliphatic heterocycles. The van der Waals surface area contributed by atoms with Crippen LogP contribution in [0, 0.1) is 5.41 Å². The largest absolute Gasteiger partial charge is 0.367 e. The number of rotatable bonds is 2. The lowest BCUT2D eigenvalue weighted by Crippen LogP contribution is -2.58. The quantitative estimate of drug-likeness (QED) is 0.730. The van der Waals surface area contributed by atoms with Gasteiger partial charge < -0.3 is 9.64 Å². The minimum absolute atomic E-state index is 0.0402. The molecule has 0 spiro atoms. The van der Waals surface area contributed by atoms with E-state index in [-0.39, 0.29) is 17.1 Å². The van der Waals surface area contributed by atoms with Crippen molar-refractivity contribution in [2.45, 2.75) is 64.6 Å². The summed E-state index contributed by atoms with van der Waals surface area (Å²) in [5, 5.41) is 0. The van der Waals surface area contributed by atoms with Crippen molar-refractivity contribution < 1.29 is 9.53 Å². The molecule has 1 amide bonds. The Kier molecular flexibility index (Phi) is 4.46. The molecule has 1 atom stereocenters. The lowest BCUT2D eigenvalue weighted by Gasteiger charge is -2.46. The van der Waals surface area contributed by atoms with Crippen molar-refractivity contribution >= 4 is 17.5 Å². The second-order valence-corrected chi connectivity index (χ2v) is 7.27. The van der Waals surface area contributed by atoms with Gasteiger partial charge in [0.25, 0.3) is 0 Å². The topological polar surface area (TPSA) is 29.5 Å². The van der Waals surface area contributed by atoms with E-state index in [0.29, 0.717) is 24.9 Å². The molecule has 1 saturated heterocycles. The van der Waals surface area contributed by atoms with Gasteiger partial charge in [-0.05, 0) is 26.7 Å². The van der Waals surface area contributed by atoms with Crippen molar-refractivity contribution in [2.75, 3.05) is 19.0 Å². The smallest absolute Gasteiger partial charge is 0.228 e. The molecule has 1 unspecified atom stereocenters. The van der Waals surface area contributed by atoms with E-state index < -0.39 is 0 Å². The molecule has 0 bridgehead atoms. The van der Waals surface area contributed by atoms with Gasteiger partial charge in [0.1, 0.15) is 0 Å². The van der Waals surface area contributed by atoms with Gasteiger partial charge in [-0.15, -0.1) is 11.6 Å². The molecule has 1 saturated carbocycles. The van der Waals surface area contributed by atoms with Crippen molar-refractivity contribution in [3.8, 4) is 0 Å². The average molecular weight is 288 g/mol. The van der Waals surface area contributed by atoms with Gasteiger partial charge in [-0.2, -0.15) is 0 Å². The van der Waals surface area contributed by atoms with Gasteiger partial charge in [-0.1, -0.05) is 26.2 Å². The van der Waals surface area contributed by atoms with Gasteiger partial charge in [0, 0.05) is 18.5 Å². The molecule has 0 aromatic carbocycles. The van der Waals surface area contributed by atoms with Crippen LogP contribution in [-0.2, 0) is 9.53 Å². The molecular weight excluding hydrogens is 262 g/mol. The summed E-state index contributed by atoms with van der Waals surface area (Å²) in [5.74, 6) is 0.753. The maximum atomic E-state index is 12.9. The molecule has 0 aromatic heterocycles. The summed E-state index contributed by atoms with van der Waals surface area (Å²) in [7, 11) is 0. The molecule has 2 aliphatic rings. The van der Waals surface area contributed by atoms with Crippen molar-refractivity contribution in [2.24, 2.45) is 5.41 Å². The zero-order valence-corrected chi connectivity index (χ0v) is 13.1. The second-order valence-electron chi connectivity index (χ2n) is 6.96.